The van der Waals surface area contributed by atoms with Gasteiger partial charge in [-0.2, -0.15) is 5.10 Å². The van der Waals surface area contributed by atoms with Crippen LogP contribution in [0.3, 0.4) is 0 Å². The average molecular weight is 389 g/mol. The molecule has 4 aliphatic rings. The van der Waals surface area contributed by atoms with Gasteiger partial charge in [-0.3, -0.25) is 9.58 Å². The molecule has 4 fully saturated rings. The van der Waals surface area contributed by atoms with E-state index < -0.39 is 0 Å². The number of carbonyl (C=O) groups is 1. The molecule has 3 saturated heterocycles. The maximum atomic E-state index is 11.8. The lowest BCUT2D eigenvalue weighted by atomic mass is 9.74. The summed E-state index contributed by atoms with van der Waals surface area (Å²) in [7, 11) is 2.12. The molecule has 156 valence electrons. The van der Waals surface area contributed by atoms with Crippen molar-refractivity contribution < 1.29 is 9.53 Å². The molecule has 5 rings (SSSR count). The summed E-state index contributed by atoms with van der Waals surface area (Å²) in [5.74, 6) is 1.89. The predicted octanol–water partition coefficient (Wildman–Crippen LogP) is 3.78. The second kappa shape index (κ2) is 8.44. The molecule has 3 aliphatic heterocycles. The monoisotopic (exact) mass is 388 g/mol. The van der Waals surface area contributed by atoms with E-state index in [9.17, 15) is 4.79 Å². The van der Waals surface area contributed by atoms with Crippen LogP contribution in [0.5, 0.6) is 0 Å². The van der Waals surface area contributed by atoms with Gasteiger partial charge in [0, 0.05) is 43.2 Å². The summed E-state index contributed by atoms with van der Waals surface area (Å²) >= 11 is 0. The summed E-state index contributed by atoms with van der Waals surface area (Å²) < 4.78 is 7.63. The number of rotatable bonds is 5. The predicted molar refractivity (Wildman–Crippen MR) is 109 cm³/mol. The number of hydrogen-bond donors (Lipinski definition) is 1. The minimum Gasteiger partial charge on any atom is -0.448 e. The third kappa shape index (κ3) is 4.22. The van der Waals surface area contributed by atoms with Gasteiger partial charge in [0.25, 0.3) is 0 Å². The van der Waals surface area contributed by atoms with Crippen LogP contribution >= 0.6 is 0 Å². The lowest BCUT2D eigenvalue weighted by molar-refractivity contribution is -0.00442. The van der Waals surface area contributed by atoms with Gasteiger partial charge in [-0.05, 0) is 58.1 Å². The number of carbonyl (C=O) groups excluding carboxylic acids is 1. The molecule has 1 aromatic heterocycles. The second-order valence-electron chi connectivity index (χ2n) is 9.39. The Morgan fingerprint density at radius 1 is 1.29 bits per heavy atom. The zero-order chi connectivity index (χ0) is 19.7. The highest BCUT2D eigenvalue weighted by molar-refractivity contribution is 5.67. The normalized spacial score (nSPS) is 30.6. The highest BCUT2D eigenvalue weighted by Crippen LogP contribution is 2.43. The Balaban J connectivity index is 1.38. The Labute approximate surface area is 169 Å². The third-order valence-corrected chi connectivity index (χ3v) is 7.03. The molecular weight excluding hydrogens is 352 g/mol. The van der Waals surface area contributed by atoms with E-state index in [1.54, 1.807) is 0 Å². The first kappa shape index (κ1) is 19.7. The maximum absolute atomic E-state index is 11.8. The SMILES string of the molecule is CC(C)NC(=O)OC[C@H]1C[C@@H]2CCN1C[C@@H]2c1cc(C2CCCCC2)nn1C. The van der Waals surface area contributed by atoms with Crippen molar-refractivity contribution in [2.45, 2.75) is 82.7 Å². The van der Waals surface area contributed by atoms with Crippen molar-refractivity contribution in [3.63, 3.8) is 0 Å². The van der Waals surface area contributed by atoms with Gasteiger partial charge in [0.2, 0.25) is 0 Å². The Morgan fingerprint density at radius 3 is 2.75 bits per heavy atom. The molecule has 1 unspecified atom stereocenters. The summed E-state index contributed by atoms with van der Waals surface area (Å²) in [6.07, 6.45) is 8.74. The molecule has 6 heteroatoms. The summed E-state index contributed by atoms with van der Waals surface area (Å²) in [5.41, 5.74) is 2.73. The molecule has 4 atom stereocenters. The van der Waals surface area contributed by atoms with E-state index in [0.717, 1.165) is 19.5 Å². The van der Waals surface area contributed by atoms with Gasteiger partial charge in [0.05, 0.1) is 5.69 Å². The Bertz CT molecular complexity index is 680. The van der Waals surface area contributed by atoms with Crippen LogP contribution < -0.4 is 5.32 Å². The van der Waals surface area contributed by atoms with Gasteiger partial charge in [0.15, 0.2) is 0 Å². The number of hydrogen-bond acceptors (Lipinski definition) is 4. The van der Waals surface area contributed by atoms with Gasteiger partial charge in [0.1, 0.15) is 6.61 Å². The van der Waals surface area contributed by atoms with Crippen LogP contribution in [0.2, 0.25) is 0 Å². The first-order valence-corrected chi connectivity index (χ1v) is 11.2. The molecule has 1 amide bonds. The van der Waals surface area contributed by atoms with Crippen LogP contribution in [0.25, 0.3) is 0 Å². The minimum atomic E-state index is -0.294. The molecule has 1 aliphatic carbocycles. The van der Waals surface area contributed by atoms with Crippen LogP contribution in [-0.4, -0.2) is 52.6 Å². The molecule has 0 radical (unpaired) electrons. The number of fused-ring (bicyclic) bond motifs is 3. The van der Waals surface area contributed by atoms with Crippen LogP contribution in [0.1, 0.15) is 82.0 Å². The highest BCUT2D eigenvalue weighted by Gasteiger charge is 2.42. The number of aryl methyl sites for hydroxylation is 1. The van der Waals surface area contributed by atoms with E-state index in [4.69, 9.17) is 9.84 Å². The fraction of sp³-hybridized carbons (Fsp3) is 0.818. The first-order chi connectivity index (χ1) is 13.5. The Hall–Kier alpha value is -1.56. The topological polar surface area (TPSA) is 59.4 Å². The van der Waals surface area contributed by atoms with Gasteiger partial charge >= 0.3 is 6.09 Å². The summed E-state index contributed by atoms with van der Waals surface area (Å²) in [5, 5.41) is 7.73. The zero-order valence-corrected chi connectivity index (χ0v) is 17.7. The van der Waals surface area contributed by atoms with Crippen molar-refractivity contribution in [1.29, 1.82) is 0 Å². The van der Waals surface area contributed by atoms with Gasteiger partial charge in [-0.1, -0.05) is 19.3 Å². The molecule has 2 bridgehead atoms. The number of ether oxygens (including phenoxy) is 1. The summed E-state index contributed by atoms with van der Waals surface area (Å²) in [6, 6.07) is 2.88. The van der Waals surface area contributed by atoms with Gasteiger partial charge < -0.3 is 10.1 Å². The molecule has 1 N–H and O–H groups in total. The Kier molecular flexibility index (Phi) is 5.95. The standard InChI is InChI=1S/C22H36N4O2/c1-15(2)23-22(27)28-14-18-11-17-9-10-26(18)13-19(17)21-12-20(24-25(21)3)16-7-5-4-6-8-16/h12,15-19H,4-11,13-14H2,1-3H3,(H,23,27)/t17-,18+,19-/m0/s1. The van der Waals surface area contributed by atoms with Crippen LogP contribution in [0.4, 0.5) is 4.79 Å². The van der Waals surface area contributed by atoms with Crippen LogP contribution in [-0.2, 0) is 11.8 Å². The van der Waals surface area contributed by atoms with Crippen molar-refractivity contribution >= 4 is 6.09 Å². The highest BCUT2D eigenvalue weighted by atomic mass is 16.5. The maximum Gasteiger partial charge on any atom is 0.407 e. The van der Waals surface area contributed by atoms with Crippen molar-refractivity contribution in [2.24, 2.45) is 13.0 Å². The number of nitrogens with one attached hydrogen (secondary N) is 1. The van der Waals surface area contributed by atoms with E-state index in [0.29, 0.717) is 30.4 Å². The molecule has 28 heavy (non-hydrogen) atoms. The molecule has 0 aromatic carbocycles. The number of piperidine rings is 3. The second-order valence-corrected chi connectivity index (χ2v) is 9.39. The van der Waals surface area contributed by atoms with Gasteiger partial charge in [-0.15, -0.1) is 0 Å². The molecule has 1 saturated carbocycles. The molecule has 0 spiro atoms. The largest absolute Gasteiger partial charge is 0.448 e. The zero-order valence-electron chi connectivity index (χ0n) is 17.7. The lowest BCUT2D eigenvalue weighted by Gasteiger charge is -2.49. The third-order valence-electron chi connectivity index (χ3n) is 7.03. The van der Waals surface area contributed by atoms with Crippen molar-refractivity contribution in [2.75, 3.05) is 19.7 Å². The average Bonchev–Trinajstić information content (AvgIpc) is 3.08. The van der Waals surface area contributed by atoms with Crippen LogP contribution in [0, 0.1) is 5.92 Å². The van der Waals surface area contributed by atoms with Crippen molar-refractivity contribution in [1.82, 2.24) is 20.0 Å². The minimum absolute atomic E-state index is 0.114. The smallest absolute Gasteiger partial charge is 0.407 e. The number of alkyl carbamates (subject to hydrolysis) is 1. The quantitative estimate of drug-likeness (QED) is 0.834. The molecule has 4 heterocycles. The van der Waals surface area contributed by atoms with Crippen molar-refractivity contribution in [3.05, 3.63) is 17.5 Å². The van der Waals surface area contributed by atoms with Gasteiger partial charge in [-0.25, -0.2) is 4.79 Å². The van der Waals surface area contributed by atoms with E-state index in [-0.39, 0.29) is 12.1 Å². The Morgan fingerprint density at radius 2 is 2.07 bits per heavy atom. The summed E-state index contributed by atoms with van der Waals surface area (Å²) in [6.45, 7) is 6.59. The summed E-state index contributed by atoms with van der Waals surface area (Å²) in [4.78, 5) is 14.4. The molecular formula is C22H36N4O2. The van der Waals surface area contributed by atoms with Crippen LogP contribution in [0.15, 0.2) is 6.07 Å². The van der Waals surface area contributed by atoms with E-state index >= 15 is 0 Å². The van der Waals surface area contributed by atoms with E-state index in [1.807, 2.05) is 13.8 Å². The first-order valence-electron chi connectivity index (χ1n) is 11.2. The number of aromatic nitrogens is 2. The molecule has 6 nitrogen and oxygen atoms in total. The fourth-order valence-corrected chi connectivity index (χ4v) is 5.55. The van der Waals surface area contributed by atoms with Crippen molar-refractivity contribution in [3.8, 4) is 0 Å². The number of amides is 1. The fourth-order valence-electron chi connectivity index (χ4n) is 5.55. The number of nitrogens with zero attached hydrogens (tertiary/aromatic N) is 3. The van der Waals surface area contributed by atoms with E-state index in [1.165, 1.54) is 49.9 Å². The molecule has 1 aromatic rings. The van der Waals surface area contributed by atoms with E-state index in [2.05, 4.69) is 28.0 Å². The lowest BCUT2D eigenvalue weighted by Crippen LogP contribution is -2.54.